The van der Waals surface area contributed by atoms with Crippen molar-refractivity contribution in [2.24, 2.45) is 4.99 Å². The predicted molar refractivity (Wildman–Crippen MR) is 87.4 cm³/mol. The zero-order chi connectivity index (χ0) is 17.2. The maximum atomic E-state index is 13.1. The fraction of sp³-hybridized carbons (Fsp3) is 0.294. The van der Waals surface area contributed by atoms with Crippen LogP contribution in [-0.4, -0.2) is 36.5 Å². The Morgan fingerprint density at radius 2 is 2.08 bits per heavy atom. The van der Waals surface area contributed by atoms with Crippen molar-refractivity contribution in [3.63, 3.8) is 0 Å². The molecule has 0 saturated heterocycles. The highest BCUT2D eigenvalue weighted by atomic mass is 19.1. The Morgan fingerprint density at radius 1 is 1.24 bits per heavy atom. The fourth-order valence-electron chi connectivity index (χ4n) is 2.87. The molecule has 1 aromatic carbocycles. The van der Waals surface area contributed by atoms with Crippen LogP contribution < -0.4 is 10.8 Å². The van der Waals surface area contributed by atoms with Crippen LogP contribution in [0.5, 0.6) is 0 Å². The second-order valence-electron chi connectivity index (χ2n) is 5.93. The number of aromatic nitrogens is 5. The summed E-state index contributed by atoms with van der Waals surface area (Å²) in [7, 11) is 0. The van der Waals surface area contributed by atoms with Crippen LogP contribution in [0.3, 0.4) is 0 Å². The number of halogens is 1. The van der Waals surface area contributed by atoms with E-state index in [2.05, 4.69) is 15.4 Å². The molecule has 8 heteroatoms. The van der Waals surface area contributed by atoms with E-state index in [4.69, 9.17) is 10.1 Å². The van der Waals surface area contributed by atoms with E-state index < -0.39 is 0 Å². The van der Waals surface area contributed by atoms with Gasteiger partial charge >= 0.3 is 0 Å². The normalized spacial score (nSPS) is 16.2. The van der Waals surface area contributed by atoms with Crippen LogP contribution in [-0.2, 0) is 13.1 Å². The number of hydrogen-bond acceptors (Lipinski definition) is 5. The summed E-state index contributed by atoms with van der Waals surface area (Å²) in [6.45, 7) is 0.996. The van der Waals surface area contributed by atoms with E-state index >= 15 is 0 Å². The van der Waals surface area contributed by atoms with Crippen molar-refractivity contribution in [3.8, 4) is 0 Å². The lowest BCUT2D eigenvalue weighted by Crippen LogP contribution is -2.34. The summed E-state index contributed by atoms with van der Waals surface area (Å²) in [6.07, 6.45) is 6.42. The second kappa shape index (κ2) is 6.56. The third-order valence-electron chi connectivity index (χ3n) is 4.16. The molecule has 0 saturated carbocycles. The molecule has 4 rings (SSSR count). The molecule has 7 nitrogen and oxygen atoms in total. The molecule has 0 aliphatic carbocycles. The molecule has 0 fully saturated rings. The standard InChI is InChI=1S/C17H17FN6O/c18-14-3-1-12(2-4-14)10-24-17-16(21-22-24)6-5-15(20-17)13-9-19-23(11-13)7-8-25/h1-4,6,9,11,15,25H,5,7-8,10H2. The molecule has 25 heavy (non-hydrogen) atoms. The minimum Gasteiger partial charge on any atom is -0.394 e. The van der Waals surface area contributed by atoms with Gasteiger partial charge in [-0.15, -0.1) is 5.10 Å². The number of nitrogens with zero attached hydrogens (tertiary/aromatic N) is 6. The average molecular weight is 340 g/mol. The van der Waals surface area contributed by atoms with E-state index in [9.17, 15) is 4.39 Å². The molecule has 1 atom stereocenters. The van der Waals surface area contributed by atoms with Crippen molar-refractivity contribution in [2.75, 3.05) is 6.61 Å². The molecule has 0 radical (unpaired) electrons. The molecule has 0 bridgehead atoms. The van der Waals surface area contributed by atoms with E-state index in [0.29, 0.717) is 13.1 Å². The SMILES string of the molecule is OCCn1cc(C2CC=c3nnn(Cc4ccc(F)cc4)c3=N2)cn1. The first-order valence-electron chi connectivity index (χ1n) is 8.08. The first-order chi connectivity index (χ1) is 12.2. The molecule has 1 N–H and O–H groups in total. The van der Waals surface area contributed by atoms with Gasteiger partial charge in [-0.2, -0.15) is 5.10 Å². The molecule has 2 aromatic heterocycles. The van der Waals surface area contributed by atoms with Gasteiger partial charge in [0.1, 0.15) is 11.2 Å². The van der Waals surface area contributed by atoms with Crippen molar-refractivity contribution in [1.82, 2.24) is 24.8 Å². The zero-order valence-corrected chi connectivity index (χ0v) is 13.5. The molecule has 128 valence electrons. The third kappa shape index (κ3) is 3.20. The van der Waals surface area contributed by atoms with Gasteiger partial charge in [0.2, 0.25) is 0 Å². The molecular formula is C17H17FN6O. The molecular weight excluding hydrogens is 323 g/mol. The Bertz CT molecular complexity index is 991. The van der Waals surface area contributed by atoms with Crippen molar-refractivity contribution in [1.29, 1.82) is 0 Å². The first-order valence-corrected chi connectivity index (χ1v) is 8.08. The zero-order valence-electron chi connectivity index (χ0n) is 13.5. The van der Waals surface area contributed by atoms with Crippen LogP contribution in [0.1, 0.15) is 23.6 Å². The van der Waals surface area contributed by atoms with Crippen molar-refractivity contribution in [2.45, 2.75) is 25.6 Å². The van der Waals surface area contributed by atoms with Gasteiger partial charge in [-0.1, -0.05) is 23.4 Å². The maximum absolute atomic E-state index is 13.1. The average Bonchev–Trinajstić information content (AvgIpc) is 3.24. The van der Waals surface area contributed by atoms with E-state index in [0.717, 1.165) is 28.4 Å². The quantitative estimate of drug-likeness (QED) is 0.719. The fourth-order valence-corrected chi connectivity index (χ4v) is 2.87. The minimum atomic E-state index is -0.262. The van der Waals surface area contributed by atoms with Crippen LogP contribution in [0.25, 0.3) is 6.08 Å². The number of fused-ring (bicyclic) bond motifs is 1. The van der Waals surface area contributed by atoms with Gasteiger partial charge in [0, 0.05) is 11.8 Å². The third-order valence-corrected chi connectivity index (χ3v) is 4.16. The Labute approximate surface area is 142 Å². The predicted octanol–water partition coefficient (Wildman–Crippen LogP) is 0.199. The largest absolute Gasteiger partial charge is 0.394 e. The number of benzene rings is 1. The van der Waals surface area contributed by atoms with Gasteiger partial charge < -0.3 is 5.11 Å². The monoisotopic (exact) mass is 340 g/mol. The second-order valence-corrected chi connectivity index (χ2v) is 5.93. The summed E-state index contributed by atoms with van der Waals surface area (Å²) < 4.78 is 16.5. The number of aliphatic hydroxyl groups excluding tert-OH is 1. The van der Waals surface area contributed by atoms with Crippen LogP contribution in [0, 0.1) is 5.82 Å². The highest BCUT2D eigenvalue weighted by Gasteiger charge is 2.16. The molecule has 1 unspecified atom stereocenters. The lowest BCUT2D eigenvalue weighted by molar-refractivity contribution is 0.269. The summed E-state index contributed by atoms with van der Waals surface area (Å²) in [5, 5.41) is 22.3. The number of hydrogen-bond donors (Lipinski definition) is 1. The molecule has 3 aromatic rings. The van der Waals surface area contributed by atoms with Crippen molar-refractivity contribution < 1.29 is 9.50 Å². The lowest BCUT2D eigenvalue weighted by Gasteiger charge is -2.10. The Morgan fingerprint density at radius 3 is 2.88 bits per heavy atom. The molecule has 1 aliphatic heterocycles. The van der Waals surface area contributed by atoms with Gasteiger partial charge in [0.15, 0.2) is 5.49 Å². The maximum Gasteiger partial charge on any atom is 0.174 e. The van der Waals surface area contributed by atoms with E-state index in [1.54, 1.807) is 27.7 Å². The first kappa shape index (κ1) is 15.6. The summed E-state index contributed by atoms with van der Waals surface area (Å²) in [4.78, 5) is 4.78. The van der Waals surface area contributed by atoms with E-state index in [-0.39, 0.29) is 18.5 Å². The highest BCUT2D eigenvalue weighted by molar-refractivity contribution is 5.26. The van der Waals surface area contributed by atoms with Crippen LogP contribution >= 0.6 is 0 Å². The Balaban J connectivity index is 1.63. The molecule has 3 heterocycles. The van der Waals surface area contributed by atoms with Gasteiger partial charge in [-0.3, -0.25) is 9.67 Å². The topological polar surface area (TPSA) is 81.1 Å². The summed E-state index contributed by atoms with van der Waals surface area (Å²) in [5.41, 5.74) is 2.64. The van der Waals surface area contributed by atoms with Gasteiger partial charge in [-0.05, 0) is 24.1 Å². The Kier molecular flexibility index (Phi) is 4.10. The van der Waals surface area contributed by atoms with Crippen LogP contribution in [0.15, 0.2) is 41.7 Å². The van der Waals surface area contributed by atoms with Crippen LogP contribution in [0.4, 0.5) is 4.39 Å². The van der Waals surface area contributed by atoms with Gasteiger partial charge in [-0.25, -0.2) is 9.07 Å². The van der Waals surface area contributed by atoms with E-state index in [1.165, 1.54) is 12.1 Å². The van der Waals surface area contributed by atoms with Crippen molar-refractivity contribution in [3.05, 3.63) is 64.4 Å². The van der Waals surface area contributed by atoms with E-state index in [1.807, 2.05) is 12.3 Å². The molecule has 1 aliphatic rings. The smallest absolute Gasteiger partial charge is 0.174 e. The lowest BCUT2D eigenvalue weighted by atomic mass is 10.1. The van der Waals surface area contributed by atoms with Gasteiger partial charge in [0.05, 0.1) is 31.9 Å². The highest BCUT2D eigenvalue weighted by Crippen LogP contribution is 2.21. The summed E-state index contributed by atoms with van der Waals surface area (Å²) >= 11 is 0. The van der Waals surface area contributed by atoms with Crippen LogP contribution in [0.2, 0.25) is 0 Å². The minimum absolute atomic E-state index is 0.0492. The summed E-state index contributed by atoms with van der Waals surface area (Å²) in [5.74, 6) is -0.262. The molecule has 0 spiro atoms. The summed E-state index contributed by atoms with van der Waals surface area (Å²) in [6, 6.07) is 6.27. The molecule has 0 amide bonds. The van der Waals surface area contributed by atoms with Gasteiger partial charge in [0.25, 0.3) is 0 Å². The number of rotatable bonds is 5. The van der Waals surface area contributed by atoms with Crippen molar-refractivity contribution >= 4 is 6.08 Å². The number of aliphatic hydroxyl groups is 1. The Hall–Kier alpha value is -2.87.